The SMILES string of the molecule is C/C(Cc1ccncc1)=N\OCc1ccc2c(c1)nnn2C. The van der Waals surface area contributed by atoms with E-state index in [1.807, 2.05) is 44.3 Å². The molecule has 6 nitrogen and oxygen atoms in total. The van der Waals surface area contributed by atoms with Crippen LogP contribution >= 0.6 is 0 Å². The number of hydrogen-bond donors (Lipinski definition) is 0. The van der Waals surface area contributed by atoms with Gasteiger partial charge in [0.1, 0.15) is 12.1 Å². The molecule has 2 heterocycles. The Labute approximate surface area is 128 Å². The Kier molecular flexibility index (Phi) is 4.09. The Morgan fingerprint density at radius 3 is 2.82 bits per heavy atom. The lowest BCUT2D eigenvalue weighted by Crippen LogP contribution is -1.99. The van der Waals surface area contributed by atoms with Gasteiger partial charge in [0.05, 0.1) is 11.2 Å². The zero-order valence-corrected chi connectivity index (χ0v) is 12.6. The average Bonchev–Trinajstić information content (AvgIpc) is 2.89. The third kappa shape index (κ3) is 3.28. The summed E-state index contributed by atoms with van der Waals surface area (Å²) in [5.74, 6) is 0. The Morgan fingerprint density at radius 1 is 1.18 bits per heavy atom. The monoisotopic (exact) mass is 295 g/mol. The summed E-state index contributed by atoms with van der Waals surface area (Å²) in [6, 6.07) is 9.90. The number of pyridine rings is 1. The molecular formula is C16H17N5O. The topological polar surface area (TPSA) is 65.2 Å². The van der Waals surface area contributed by atoms with E-state index in [0.717, 1.165) is 28.7 Å². The van der Waals surface area contributed by atoms with Gasteiger partial charge in [-0.2, -0.15) is 0 Å². The van der Waals surface area contributed by atoms with Gasteiger partial charge in [0, 0.05) is 25.9 Å². The van der Waals surface area contributed by atoms with Crippen molar-refractivity contribution in [2.24, 2.45) is 12.2 Å². The van der Waals surface area contributed by atoms with Crippen LogP contribution in [0.3, 0.4) is 0 Å². The van der Waals surface area contributed by atoms with Gasteiger partial charge in [-0.1, -0.05) is 16.4 Å². The van der Waals surface area contributed by atoms with Crippen LogP contribution in [0, 0.1) is 0 Å². The summed E-state index contributed by atoms with van der Waals surface area (Å²) in [7, 11) is 1.87. The fraction of sp³-hybridized carbons (Fsp3) is 0.250. The molecule has 0 radical (unpaired) electrons. The zero-order chi connectivity index (χ0) is 15.4. The van der Waals surface area contributed by atoms with Crippen molar-refractivity contribution >= 4 is 16.7 Å². The molecule has 6 heteroatoms. The van der Waals surface area contributed by atoms with Gasteiger partial charge in [-0.25, -0.2) is 4.68 Å². The molecule has 1 aromatic carbocycles. The summed E-state index contributed by atoms with van der Waals surface area (Å²) >= 11 is 0. The molecule has 0 amide bonds. The Bertz CT molecular complexity index is 795. The van der Waals surface area contributed by atoms with Crippen LogP contribution in [0.25, 0.3) is 11.0 Å². The van der Waals surface area contributed by atoms with E-state index in [1.54, 1.807) is 17.1 Å². The first-order valence-electron chi connectivity index (χ1n) is 7.05. The lowest BCUT2D eigenvalue weighted by atomic mass is 10.1. The maximum atomic E-state index is 5.43. The molecule has 0 fully saturated rings. The second-order valence-electron chi connectivity index (χ2n) is 5.17. The quantitative estimate of drug-likeness (QED) is 0.536. The number of aryl methyl sites for hydroxylation is 1. The highest BCUT2D eigenvalue weighted by Gasteiger charge is 2.03. The molecule has 0 atom stereocenters. The number of rotatable bonds is 5. The minimum Gasteiger partial charge on any atom is -0.391 e. The van der Waals surface area contributed by atoms with Crippen molar-refractivity contribution in [1.29, 1.82) is 0 Å². The highest BCUT2D eigenvalue weighted by molar-refractivity contribution is 5.83. The summed E-state index contributed by atoms with van der Waals surface area (Å²) in [4.78, 5) is 9.42. The summed E-state index contributed by atoms with van der Waals surface area (Å²) < 4.78 is 1.75. The number of benzene rings is 1. The van der Waals surface area contributed by atoms with Gasteiger partial charge < -0.3 is 4.84 Å². The molecule has 0 aliphatic carbocycles. The van der Waals surface area contributed by atoms with Crippen LogP contribution in [-0.2, 0) is 24.9 Å². The number of oxime groups is 1. The number of hydrogen-bond acceptors (Lipinski definition) is 5. The minimum absolute atomic E-state index is 0.417. The van der Waals surface area contributed by atoms with Crippen LogP contribution < -0.4 is 0 Å². The Hall–Kier alpha value is -2.76. The number of nitrogens with zero attached hydrogens (tertiary/aromatic N) is 5. The van der Waals surface area contributed by atoms with Crippen LogP contribution in [0.5, 0.6) is 0 Å². The van der Waals surface area contributed by atoms with Crippen LogP contribution in [-0.4, -0.2) is 25.7 Å². The molecular weight excluding hydrogens is 278 g/mol. The first-order valence-corrected chi connectivity index (χ1v) is 7.05. The minimum atomic E-state index is 0.417. The van der Waals surface area contributed by atoms with Crippen LogP contribution in [0.1, 0.15) is 18.1 Å². The van der Waals surface area contributed by atoms with Crippen molar-refractivity contribution in [3.63, 3.8) is 0 Å². The highest BCUT2D eigenvalue weighted by Crippen LogP contribution is 2.13. The fourth-order valence-corrected chi connectivity index (χ4v) is 2.22. The molecule has 0 saturated carbocycles. The molecule has 0 aliphatic heterocycles. The summed E-state index contributed by atoms with van der Waals surface area (Å²) in [6.07, 6.45) is 4.31. The maximum absolute atomic E-state index is 5.43. The van der Waals surface area contributed by atoms with Crippen molar-refractivity contribution in [1.82, 2.24) is 20.0 Å². The highest BCUT2D eigenvalue weighted by atomic mass is 16.6. The van der Waals surface area contributed by atoms with Gasteiger partial charge in [-0.15, -0.1) is 5.10 Å². The predicted molar refractivity (Wildman–Crippen MR) is 84.3 cm³/mol. The summed E-state index contributed by atoms with van der Waals surface area (Å²) in [6.45, 7) is 2.37. The number of fused-ring (bicyclic) bond motifs is 1. The third-order valence-corrected chi connectivity index (χ3v) is 3.34. The van der Waals surface area contributed by atoms with Crippen LogP contribution in [0.2, 0.25) is 0 Å². The van der Waals surface area contributed by atoms with Gasteiger partial charge >= 0.3 is 0 Å². The van der Waals surface area contributed by atoms with Crippen molar-refractivity contribution in [3.8, 4) is 0 Å². The smallest absolute Gasteiger partial charge is 0.142 e. The van der Waals surface area contributed by atoms with Crippen molar-refractivity contribution in [2.45, 2.75) is 20.0 Å². The average molecular weight is 295 g/mol. The molecule has 112 valence electrons. The second kappa shape index (κ2) is 6.34. The Balaban J connectivity index is 1.60. The first kappa shape index (κ1) is 14.2. The van der Waals surface area contributed by atoms with E-state index in [0.29, 0.717) is 6.61 Å². The second-order valence-corrected chi connectivity index (χ2v) is 5.17. The van der Waals surface area contributed by atoms with E-state index in [4.69, 9.17) is 4.84 Å². The molecule has 0 N–H and O–H groups in total. The van der Waals surface area contributed by atoms with E-state index in [2.05, 4.69) is 20.5 Å². The van der Waals surface area contributed by atoms with E-state index >= 15 is 0 Å². The van der Waals surface area contributed by atoms with Gasteiger partial charge in [0.2, 0.25) is 0 Å². The molecule has 0 saturated heterocycles. The molecule has 0 spiro atoms. The normalized spacial score (nSPS) is 11.8. The maximum Gasteiger partial charge on any atom is 0.142 e. The van der Waals surface area contributed by atoms with Crippen molar-refractivity contribution in [3.05, 3.63) is 53.9 Å². The van der Waals surface area contributed by atoms with E-state index in [9.17, 15) is 0 Å². The molecule has 0 unspecified atom stereocenters. The predicted octanol–water partition coefficient (Wildman–Crippen LogP) is 2.50. The first-order chi connectivity index (χ1) is 10.7. The van der Waals surface area contributed by atoms with Gasteiger partial charge in [0.25, 0.3) is 0 Å². The summed E-state index contributed by atoms with van der Waals surface area (Å²) in [5, 5.41) is 12.2. The standard InChI is InChI=1S/C16H17N5O/c1-12(9-13-5-7-17-8-6-13)19-22-11-14-3-4-16-15(10-14)18-20-21(16)2/h3-8,10H,9,11H2,1-2H3/b19-12+. The van der Waals surface area contributed by atoms with Crippen LogP contribution in [0.4, 0.5) is 0 Å². The third-order valence-electron chi connectivity index (χ3n) is 3.34. The van der Waals surface area contributed by atoms with E-state index in [1.165, 1.54) is 5.56 Å². The lowest BCUT2D eigenvalue weighted by Gasteiger charge is -2.03. The molecule has 0 bridgehead atoms. The molecule has 3 rings (SSSR count). The van der Waals surface area contributed by atoms with E-state index < -0.39 is 0 Å². The van der Waals surface area contributed by atoms with E-state index in [-0.39, 0.29) is 0 Å². The summed E-state index contributed by atoms with van der Waals surface area (Å²) in [5.41, 5.74) is 4.98. The zero-order valence-electron chi connectivity index (χ0n) is 12.6. The fourth-order valence-electron chi connectivity index (χ4n) is 2.22. The molecule has 0 aliphatic rings. The van der Waals surface area contributed by atoms with Crippen molar-refractivity contribution in [2.75, 3.05) is 0 Å². The van der Waals surface area contributed by atoms with Crippen LogP contribution in [0.15, 0.2) is 47.9 Å². The molecule has 3 aromatic rings. The van der Waals surface area contributed by atoms with Gasteiger partial charge in [-0.05, 0) is 42.3 Å². The molecule has 2 aromatic heterocycles. The lowest BCUT2D eigenvalue weighted by molar-refractivity contribution is 0.130. The van der Waals surface area contributed by atoms with Gasteiger partial charge in [0.15, 0.2) is 0 Å². The molecule has 22 heavy (non-hydrogen) atoms. The van der Waals surface area contributed by atoms with Gasteiger partial charge in [-0.3, -0.25) is 4.98 Å². The largest absolute Gasteiger partial charge is 0.391 e. The number of aromatic nitrogens is 4. The van der Waals surface area contributed by atoms with Crippen molar-refractivity contribution < 1.29 is 4.84 Å². The Morgan fingerprint density at radius 2 is 2.00 bits per heavy atom.